The Morgan fingerprint density at radius 1 is 1.21 bits per heavy atom. The van der Waals surface area contributed by atoms with Crippen molar-refractivity contribution in [2.45, 2.75) is 13.8 Å². The third-order valence-electron chi connectivity index (χ3n) is 3.21. The van der Waals surface area contributed by atoms with E-state index in [0.29, 0.717) is 0 Å². The Morgan fingerprint density at radius 2 is 2.00 bits per heavy atom. The lowest BCUT2D eigenvalue weighted by Crippen LogP contribution is -1.90. The summed E-state index contributed by atoms with van der Waals surface area (Å²) in [6, 6.07) is 9.87. The monoisotopic (exact) mass is 334 g/mol. The van der Waals surface area contributed by atoms with Crippen LogP contribution < -0.4 is 0 Å². The van der Waals surface area contributed by atoms with Gasteiger partial charge in [-0.15, -0.1) is 0 Å². The van der Waals surface area contributed by atoms with Crippen LogP contribution in [0.25, 0.3) is 16.9 Å². The molecule has 0 spiro atoms. The van der Waals surface area contributed by atoms with Gasteiger partial charge in [-0.05, 0) is 53.5 Å². The largest absolute Gasteiger partial charge is 0.302 e. The number of hydrogen-bond acceptors (Lipinski definition) is 1. The summed E-state index contributed by atoms with van der Waals surface area (Å²) in [6.07, 6.45) is 2.04. The molecule has 0 aliphatic carbocycles. The van der Waals surface area contributed by atoms with Crippen molar-refractivity contribution in [1.82, 2.24) is 9.38 Å². The Kier molecular flexibility index (Phi) is 3.11. The predicted octanol–water partition coefficient (Wildman–Crippen LogP) is 5.03. The average molecular weight is 336 g/mol. The molecule has 1 aromatic carbocycles. The number of rotatable bonds is 1. The number of hydrogen-bond donors (Lipinski definition) is 0. The molecule has 0 aliphatic heterocycles. The van der Waals surface area contributed by atoms with Crippen LogP contribution in [0.1, 0.15) is 11.3 Å². The standard InChI is InChI=1S/C15H12BrClN2/c1-9-6-12(16)8-19-10(2)14(18-15(9)19)11-4-3-5-13(17)7-11/h3-8H,1-2H3. The third kappa shape index (κ3) is 2.17. The first kappa shape index (κ1) is 12.7. The van der Waals surface area contributed by atoms with Gasteiger partial charge in [-0.3, -0.25) is 0 Å². The van der Waals surface area contributed by atoms with Gasteiger partial charge in [0.2, 0.25) is 0 Å². The number of pyridine rings is 1. The third-order valence-corrected chi connectivity index (χ3v) is 3.88. The molecule has 3 rings (SSSR count). The highest BCUT2D eigenvalue weighted by molar-refractivity contribution is 9.10. The van der Waals surface area contributed by atoms with E-state index in [1.54, 1.807) is 0 Å². The van der Waals surface area contributed by atoms with Crippen LogP contribution in [-0.2, 0) is 0 Å². The van der Waals surface area contributed by atoms with Gasteiger partial charge in [0.15, 0.2) is 0 Å². The molecular formula is C15H12BrClN2. The van der Waals surface area contributed by atoms with Crippen LogP contribution in [0.2, 0.25) is 5.02 Å². The van der Waals surface area contributed by atoms with Crippen molar-refractivity contribution >= 4 is 33.2 Å². The lowest BCUT2D eigenvalue weighted by atomic mass is 10.1. The van der Waals surface area contributed by atoms with E-state index >= 15 is 0 Å². The lowest BCUT2D eigenvalue weighted by Gasteiger charge is -2.01. The zero-order chi connectivity index (χ0) is 13.6. The van der Waals surface area contributed by atoms with Crippen LogP contribution in [0, 0.1) is 13.8 Å². The summed E-state index contributed by atoms with van der Waals surface area (Å²) < 4.78 is 3.16. The second kappa shape index (κ2) is 4.66. The SMILES string of the molecule is Cc1cc(Br)cn2c(C)c(-c3cccc(Cl)c3)nc12. The summed E-state index contributed by atoms with van der Waals surface area (Å²) in [5.74, 6) is 0. The van der Waals surface area contributed by atoms with Crippen LogP contribution >= 0.6 is 27.5 Å². The van der Waals surface area contributed by atoms with Gasteiger partial charge in [-0.25, -0.2) is 4.98 Å². The van der Waals surface area contributed by atoms with Crippen LogP contribution in [0.5, 0.6) is 0 Å². The van der Waals surface area contributed by atoms with E-state index in [2.05, 4.69) is 40.2 Å². The summed E-state index contributed by atoms with van der Waals surface area (Å²) in [7, 11) is 0. The van der Waals surface area contributed by atoms with Gasteiger partial charge in [0.05, 0.1) is 5.69 Å². The fourth-order valence-electron chi connectivity index (χ4n) is 2.29. The van der Waals surface area contributed by atoms with Crippen LogP contribution in [0.3, 0.4) is 0 Å². The number of benzene rings is 1. The summed E-state index contributed by atoms with van der Waals surface area (Å²) in [4.78, 5) is 4.75. The van der Waals surface area contributed by atoms with E-state index in [9.17, 15) is 0 Å². The second-order valence-electron chi connectivity index (χ2n) is 4.59. The number of halogens is 2. The number of fused-ring (bicyclic) bond motifs is 1. The van der Waals surface area contributed by atoms with E-state index in [-0.39, 0.29) is 0 Å². The van der Waals surface area contributed by atoms with Gasteiger partial charge >= 0.3 is 0 Å². The molecule has 0 saturated carbocycles. The topological polar surface area (TPSA) is 17.3 Å². The minimum atomic E-state index is 0.729. The summed E-state index contributed by atoms with van der Waals surface area (Å²) in [5.41, 5.74) is 5.26. The maximum Gasteiger partial charge on any atom is 0.140 e. The van der Waals surface area contributed by atoms with Crippen LogP contribution in [0.15, 0.2) is 41.0 Å². The van der Waals surface area contributed by atoms with Gasteiger partial charge < -0.3 is 4.40 Å². The van der Waals surface area contributed by atoms with E-state index in [1.165, 1.54) is 0 Å². The smallest absolute Gasteiger partial charge is 0.140 e. The highest BCUT2D eigenvalue weighted by atomic mass is 79.9. The van der Waals surface area contributed by atoms with Gasteiger partial charge in [-0.2, -0.15) is 0 Å². The average Bonchev–Trinajstić information content (AvgIpc) is 2.68. The molecule has 19 heavy (non-hydrogen) atoms. The van der Waals surface area contributed by atoms with Crippen molar-refractivity contribution in [2.24, 2.45) is 0 Å². The van der Waals surface area contributed by atoms with E-state index < -0.39 is 0 Å². The van der Waals surface area contributed by atoms with Gasteiger partial charge in [0.1, 0.15) is 5.65 Å². The summed E-state index contributed by atoms with van der Waals surface area (Å²) in [5, 5.41) is 0.729. The zero-order valence-electron chi connectivity index (χ0n) is 10.6. The minimum Gasteiger partial charge on any atom is -0.302 e. The second-order valence-corrected chi connectivity index (χ2v) is 5.94. The number of nitrogens with zero attached hydrogens (tertiary/aromatic N) is 2. The Bertz CT molecular complexity index is 777. The summed E-state index contributed by atoms with van der Waals surface area (Å²) in [6.45, 7) is 4.14. The van der Waals surface area contributed by atoms with Crippen LogP contribution in [-0.4, -0.2) is 9.38 Å². The maximum absolute atomic E-state index is 6.06. The fourth-order valence-corrected chi connectivity index (χ4v) is 3.03. The minimum absolute atomic E-state index is 0.729. The Hall–Kier alpha value is -1.32. The molecule has 2 aromatic heterocycles. The lowest BCUT2D eigenvalue weighted by molar-refractivity contribution is 1.09. The summed E-state index contributed by atoms with van der Waals surface area (Å²) >= 11 is 9.59. The molecule has 0 N–H and O–H groups in total. The Morgan fingerprint density at radius 3 is 2.74 bits per heavy atom. The number of imidazole rings is 1. The maximum atomic E-state index is 6.06. The van der Waals surface area contributed by atoms with E-state index in [0.717, 1.165) is 37.7 Å². The van der Waals surface area contributed by atoms with Crippen molar-refractivity contribution in [2.75, 3.05) is 0 Å². The number of aryl methyl sites for hydroxylation is 2. The molecule has 0 fully saturated rings. The molecule has 4 heteroatoms. The van der Waals surface area contributed by atoms with Crippen molar-refractivity contribution in [3.63, 3.8) is 0 Å². The zero-order valence-corrected chi connectivity index (χ0v) is 13.0. The highest BCUT2D eigenvalue weighted by Gasteiger charge is 2.12. The van der Waals surface area contributed by atoms with E-state index in [4.69, 9.17) is 16.6 Å². The van der Waals surface area contributed by atoms with Gasteiger partial charge in [0, 0.05) is 26.9 Å². The van der Waals surface area contributed by atoms with Crippen molar-refractivity contribution in [3.05, 3.63) is 57.3 Å². The Labute approximate surface area is 125 Å². The first-order chi connectivity index (χ1) is 9.06. The van der Waals surface area contributed by atoms with Crippen LogP contribution in [0.4, 0.5) is 0 Å². The molecule has 0 radical (unpaired) electrons. The first-order valence-electron chi connectivity index (χ1n) is 5.97. The molecule has 0 amide bonds. The highest BCUT2D eigenvalue weighted by Crippen LogP contribution is 2.28. The van der Waals surface area contributed by atoms with E-state index in [1.807, 2.05) is 30.5 Å². The normalized spacial score (nSPS) is 11.2. The van der Waals surface area contributed by atoms with Crippen molar-refractivity contribution in [1.29, 1.82) is 0 Å². The predicted molar refractivity (Wildman–Crippen MR) is 82.8 cm³/mol. The quantitative estimate of drug-likeness (QED) is 0.609. The molecule has 0 bridgehead atoms. The Balaban J connectivity index is 2.31. The van der Waals surface area contributed by atoms with Crippen molar-refractivity contribution in [3.8, 4) is 11.3 Å². The van der Waals surface area contributed by atoms with Crippen molar-refractivity contribution < 1.29 is 0 Å². The molecule has 0 aliphatic rings. The number of aromatic nitrogens is 2. The molecule has 2 heterocycles. The molecule has 0 atom stereocenters. The fraction of sp³-hybridized carbons (Fsp3) is 0.133. The first-order valence-corrected chi connectivity index (χ1v) is 7.14. The van der Waals surface area contributed by atoms with Gasteiger partial charge in [-0.1, -0.05) is 23.7 Å². The molecule has 0 saturated heterocycles. The molecule has 3 aromatic rings. The molecule has 96 valence electrons. The molecule has 0 unspecified atom stereocenters. The van der Waals surface area contributed by atoms with Gasteiger partial charge in [0.25, 0.3) is 0 Å². The molecule has 2 nitrogen and oxygen atoms in total. The molecular weight excluding hydrogens is 324 g/mol.